The maximum atomic E-state index is 12.3. The minimum absolute atomic E-state index is 0.00272. The number of rotatable bonds is 3. The van der Waals surface area contributed by atoms with Crippen LogP contribution >= 0.6 is 11.6 Å². The summed E-state index contributed by atoms with van der Waals surface area (Å²) < 4.78 is 5.22. The summed E-state index contributed by atoms with van der Waals surface area (Å²) in [4.78, 5) is 19.3. The van der Waals surface area contributed by atoms with Crippen molar-refractivity contribution in [2.75, 3.05) is 26.2 Å². The summed E-state index contributed by atoms with van der Waals surface area (Å²) in [5, 5.41) is 4.44. The van der Waals surface area contributed by atoms with Gasteiger partial charge in [0.25, 0.3) is 5.91 Å². The van der Waals surface area contributed by atoms with Crippen LogP contribution in [0.4, 0.5) is 0 Å². The van der Waals surface area contributed by atoms with Crippen molar-refractivity contribution in [3.63, 3.8) is 0 Å². The van der Waals surface area contributed by atoms with Crippen molar-refractivity contribution in [1.29, 1.82) is 0 Å². The Hall–Kier alpha value is -1.79. The van der Waals surface area contributed by atoms with Crippen LogP contribution in [0.2, 0.25) is 5.02 Å². The van der Waals surface area contributed by atoms with Gasteiger partial charge in [0.2, 0.25) is 0 Å². The third-order valence-corrected chi connectivity index (χ3v) is 3.81. The summed E-state index contributed by atoms with van der Waals surface area (Å²) in [7, 11) is 0. The molecule has 0 atom stereocenters. The number of H-pyrrole nitrogens is 1. The predicted molar refractivity (Wildman–Crippen MR) is 78.2 cm³/mol. The number of hydrogen-bond donors (Lipinski definition) is 1. The smallest absolute Gasteiger partial charge is 0.270 e. The van der Waals surface area contributed by atoms with Crippen molar-refractivity contribution in [2.24, 2.45) is 0 Å². The number of carbonyl (C=O) groups is 1. The Morgan fingerprint density at radius 1 is 1.38 bits per heavy atom. The molecule has 6 nitrogen and oxygen atoms in total. The van der Waals surface area contributed by atoms with E-state index >= 15 is 0 Å². The molecule has 1 fully saturated rings. The molecule has 1 N–H and O–H groups in total. The van der Waals surface area contributed by atoms with Gasteiger partial charge in [0.1, 0.15) is 5.69 Å². The van der Waals surface area contributed by atoms with E-state index in [4.69, 9.17) is 16.1 Å². The second-order valence-electron chi connectivity index (χ2n) is 5.23. The van der Waals surface area contributed by atoms with Crippen molar-refractivity contribution in [3.05, 3.63) is 40.5 Å². The van der Waals surface area contributed by atoms with E-state index < -0.39 is 0 Å². The van der Waals surface area contributed by atoms with E-state index in [1.807, 2.05) is 17.9 Å². The molecular weight excluding hydrogens is 292 g/mol. The summed E-state index contributed by atoms with van der Waals surface area (Å²) >= 11 is 5.83. The molecule has 3 heterocycles. The third kappa shape index (κ3) is 3.28. The van der Waals surface area contributed by atoms with Gasteiger partial charge in [-0.1, -0.05) is 16.8 Å². The van der Waals surface area contributed by atoms with Crippen molar-refractivity contribution < 1.29 is 9.32 Å². The zero-order chi connectivity index (χ0) is 14.8. The summed E-state index contributed by atoms with van der Waals surface area (Å²) in [5.41, 5.74) is 1.43. The number of aromatic amines is 1. The molecule has 0 radical (unpaired) electrons. The Morgan fingerprint density at radius 3 is 2.71 bits per heavy atom. The highest BCUT2D eigenvalue weighted by atomic mass is 35.5. The molecule has 7 heteroatoms. The Morgan fingerprint density at radius 2 is 2.14 bits per heavy atom. The maximum Gasteiger partial charge on any atom is 0.270 e. The van der Waals surface area contributed by atoms with Crippen LogP contribution in [0.5, 0.6) is 0 Å². The second kappa shape index (κ2) is 5.91. The number of nitrogens with one attached hydrogen (secondary N) is 1. The number of hydrogen-bond acceptors (Lipinski definition) is 4. The molecule has 0 aromatic carbocycles. The highest BCUT2D eigenvalue weighted by Crippen LogP contribution is 2.14. The van der Waals surface area contributed by atoms with Crippen LogP contribution in [-0.4, -0.2) is 52.0 Å². The topological polar surface area (TPSA) is 65.4 Å². The number of carbonyl (C=O) groups excluding carboxylic acids is 1. The largest absolute Gasteiger partial charge is 0.360 e. The van der Waals surface area contributed by atoms with Crippen LogP contribution in [-0.2, 0) is 6.54 Å². The Balaban J connectivity index is 1.54. The van der Waals surface area contributed by atoms with E-state index in [1.165, 1.54) is 0 Å². The second-order valence-corrected chi connectivity index (χ2v) is 5.67. The van der Waals surface area contributed by atoms with Gasteiger partial charge in [-0.3, -0.25) is 9.69 Å². The standard InChI is InChI=1S/C14H17ClN4O2/c1-10-6-12(21-17-10)9-18-2-4-19(5-3-18)14(20)13-7-11(15)8-16-13/h6-8,16H,2-5,9H2,1H3. The van der Waals surface area contributed by atoms with Gasteiger partial charge >= 0.3 is 0 Å². The van der Waals surface area contributed by atoms with Gasteiger partial charge in [-0.25, -0.2) is 0 Å². The normalized spacial score (nSPS) is 16.4. The van der Waals surface area contributed by atoms with Gasteiger partial charge in [0.15, 0.2) is 5.76 Å². The molecule has 3 rings (SSSR count). The molecule has 1 aliphatic heterocycles. The lowest BCUT2D eigenvalue weighted by molar-refractivity contribution is 0.0612. The van der Waals surface area contributed by atoms with Crippen molar-refractivity contribution in [2.45, 2.75) is 13.5 Å². The van der Waals surface area contributed by atoms with Crippen LogP contribution in [0, 0.1) is 6.92 Å². The van der Waals surface area contributed by atoms with E-state index in [-0.39, 0.29) is 5.91 Å². The van der Waals surface area contributed by atoms with Crippen molar-refractivity contribution >= 4 is 17.5 Å². The SMILES string of the molecule is Cc1cc(CN2CCN(C(=O)c3cc(Cl)c[nH]3)CC2)on1. The van der Waals surface area contributed by atoms with Crippen LogP contribution in [0.25, 0.3) is 0 Å². The number of amides is 1. The van der Waals surface area contributed by atoms with E-state index in [0.717, 1.165) is 31.1 Å². The molecular formula is C14H17ClN4O2. The average Bonchev–Trinajstić information content (AvgIpc) is 3.08. The zero-order valence-corrected chi connectivity index (χ0v) is 12.6. The van der Waals surface area contributed by atoms with E-state index in [2.05, 4.69) is 15.0 Å². The fraction of sp³-hybridized carbons (Fsp3) is 0.429. The Kier molecular flexibility index (Phi) is 3.98. The monoisotopic (exact) mass is 308 g/mol. The van der Waals surface area contributed by atoms with Crippen LogP contribution in [0.1, 0.15) is 21.9 Å². The molecule has 0 spiro atoms. The van der Waals surface area contributed by atoms with E-state index in [0.29, 0.717) is 23.8 Å². The summed E-state index contributed by atoms with van der Waals surface area (Å²) in [6.45, 7) is 5.67. The Labute approximate surface area is 127 Å². The molecule has 1 amide bonds. The van der Waals surface area contributed by atoms with Crippen molar-refractivity contribution in [3.8, 4) is 0 Å². The number of nitrogens with zero attached hydrogens (tertiary/aromatic N) is 3. The highest BCUT2D eigenvalue weighted by Gasteiger charge is 2.23. The molecule has 0 saturated carbocycles. The molecule has 0 bridgehead atoms. The van der Waals surface area contributed by atoms with Gasteiger partial charge < -0.3 is 14.4 Å². The molecule has 1 saturated heterocycles. The predicted octanol–water partition coefficient (Wildman–Crippen LogP) is 1.92. The zero-order valence-electron chi connectivity index (χ0n) is 11.8. The first-order valence-corrected chi connectivity index (χ1v) is 7.27. The van der Waals surface area contributed by atoms with Gasteiger partial charge in [0, 0.05) is 38.4 Å². The molecule has 0 unspecified atom stereocenters. The van der Waals surface area contributed by atoms with Crippen molar-refractivity contribution in [1.82, 2.24) is 19.9 Å². The minimum Gasteiger partial charge on any atom is -0.360 e. The molecule has 2 aromatic heterocycles. The van der Waals surface area contributed by atoms with Gasteiger partial charge in [-0.05, 0) is 13.0 Å². The molecule has 2 aromatic rings. The number of halogens is 1. The molecule has 0 aliphatic carbocycles. The number of piperazine rings is 1. The van der Waals surface area contributed by atoms with Crippen LogP contribution in [0.3, 0.4) is 0 Å². The first-order valence-electron chi connectivity index (χ1n) is 6.89. The number of aryl methyl sites for hydroxylation is 1. The lowest BCUT2D eigenvalue weighted by Crippen LogP contribution is -2.48. The first kappa shape index (κ1) is 14.2. The highest BCUT2D eigenvalue weighted by molar-refractivity contribution is 6.30. The van der Waals surface area contributed by atoms with Gasteiger partial charge in [-0.2, -0.15) is 0 Å². The minimum atomic E-state index is -0.00272. The van der Waals surface area contributed by atoms with Gasteiger partial charge in [0.05, 0.1) is 17.3 Å². The summed E-state index contributed by atoms with van der Waals surface area (Å²) in [5.74, 6) is 0.862. The summed E-state index contributed by atoms with van der Waals surface area (Å²) in [6.07, 6.45) is 1.62. The fourth-order valence-corrected chi connectivity index (χ4v) is 2.65. The Bertz CT molecular complexity index is 628. The molecule has 21 heavy (non-hydrogen) atoms. The molecule has 1 aliphatic rings. The lowest BCUT2D eigenvalue weighted by Gasteiger charge is -2.33. The maximum absolute atomic E-state index is 12.3. The van der Waals surface area contributed by atoms with Crippen LogP contribution in [0.15, 0.2) is 22.9 Å². The first-order chi connectivity index (χ1) is 10.1. The lowest BCUT2D eigenvalue weighted by atomic mass is 10.2. The number of aromatic nitrogens is 2. The van der Waals surface area contributed by atoms with E-state index in [9.17, 15) is 4.79 Å². The van der Waals surface area contributed by atoms with Gasteiger partial charge in [-0.15, -0.1) is 0 Å². The third-order valence-electron chi connectivity index (χ3n) is 3.59. The average molecular weight is 309 g/mol. The van der Waals surface area contributed by atoms with Crippen LogP contribution < -0.4 is 0 Å². The summed E-state index contributed by atoms with van der Waals surface area (Å²) in [6, 6.07) is 3.60. The molecule has 112 valence electrons. The quantitative estimate of drug-likeness (QED) is 0.941. The fourth-order valence-electron chi connectivity index (χ4n) is 2.48. The van der Waals surface area contributed by atoms with E-state index in [1.54, 1.807) is 12.3 Å².